The normalized spacial score (nSPS) is 23.8. The number of carbonyl (C=O) groups is 1. The van der Waals surface area contributed by atoms with Crippen LogP contribution in [-0.4, -0.2) is 35.9 Å². The largest absolute Gasteiger partial charge is 0.380 e. The van der Waals surface area contributed by atoms with Crippen molar-refractivity contribution >= 4 is 11.5 Å². The lowest BCUT2D eigenvalue weighted by Gasteiger charge is -2.43. The second-order valence-corrected chi connectivity index (χ2v) is 10.3. The van der Waals surface area contributed by atoms with Crippen molar-refractivity contribution in [2.45, 2.75) is 76.3 Å². The number of benzene rings is 2. The lowest BCUT2D eigenvalue weighted by atomic mass is 9.79. The number of hydrogen-bond donors (Lipinski definition) is 1. The van der Waals surface area contributed by atoms with Crippen molar-refractivity contribution in [2.24, 2.45) is 11.8 Å². The van der Waals surface area contributed by atoms with Crippen LogP contribution in [-0.2, 0) is 17.6 Å². The number of aryl methyl sites for hydroxylation is 1. The Morgan fingerprint density at radius 2 is 1.59 bits per heavy atom. The number of carbonyl (C=O) groups excluding carboxylic acids is 1. The molecule has 2 unspecified atom stereocenters. The first kappa shape index (κ1) is 21.7. The van der Waals surface area contributed by atoms with E-state index in [1.807, 2.05) is 0 Å². The van der Waals surface area contributed by atoms with Crippen LogP contribution in [0.15, 0.2) is 54.6 Å². The van der Waals surface area contributed by atoms with Crippen LogP contribution in [0, 0.1) is 11.8 Å². The fourth-order valence-corrected chi connectivity index (χ4v) is 6.34. The molecule has 2 fully saturated rings. The number of hydrogen-bond acceptors (Lipinski definition) is 3. The zero-order valence-corrected chi connectivity index (χ0v) is 19.3. The van der Waals surface area contributed by atoms with E-state index < -0.39 is 0 Å². The third-order valence-electron chi connectivity index (χ3n) is 8.17. The number of rotatable bonds is 6. The molecule has 3 aliphatic rings. The first-order valence-electron chi connectivity index (χ1n) is 12.9. The number of fused-ring (bicyclic) bond motifs is 1. The van der Waals surface area contributed by atoms with Gasteiger partial charge >= 0.3 is 0 Å². The van der Waals surface area contributed by atoms with Crippen molar-refractivity contribution in [1.29, 1.82) is 0 Å². The van der Waals surface area contributed by atoms with E-state index in [2.05, 4.69) is 64.8 Å². The van der Waals surface area contributed by atoms with Crippen LogP contribution < -0.4 is 5.32 Å². The second-order valence-electron chi connectivity index (χ2n) is 10.3. The highest BCUT2D eigenvalue weighted by atomic mass is 16.1. The van der Waals surface area contributed by atoms with Crippen molar-refractivity contribution in [3.05, 3.63) is 65.7 Å². The predicted octanol–water partition coefficient (Wildman–Crippen LogP) is 5.89. The minimum atomic E-state index is 0.0316. The van der Waals surface area contributed by atoms with Crippen molar-refractivity contribution in [2.75, 3.05) is 18.4 Å². The topological polar surface area (TPSA) is 32.3 Å². The van der Waals surface area contributed by atoms with Gasteiger partial charge in [-0.05, 0) is 81.1 Å². The molecular formula is C29H38N2O. The molecule has 1 aliphatic carbocycles. The summed E-state index contributed by atoms with van der Waals surface area (Å²) in [6, 6.07) is 19.8. The summed E-state index contributed by atoms with van der Waals surface area (Å²) in [6.07, 6.45) is 11.7. The average Bonchev–Trinajstić information content (AvgIpc) is 2.86. The monoisotopic (exact) mass is 430 g/mol. The summed E-state index contributed by atoms with van der Waals surface area (Å²) in [4.78, 5) is 16.5. The highest BCUT2D eigenvalue weighted by molar-refractivity contribution is 5.88. The molecule has 1 N–H and O–H groups in total. The van der Waals surface area contributed by atoms with E-state index in [1.54, 1.807) is 0 Å². The molecule has 3 nitrogen and oxygen atoms in total. The molecule has 0 spiro atoms. The maximum Gasteiger partial charge on any atom is 0.155 e. The third kappa shape index (κ3) is 4.93. The van der Waals surface area contributed by atoms with Crippen molar-refractivity contribution < 1.29 is 4.79 Å². The molecule has 2 aromatic rings. The summed E-state index contributed by atoms with van der Waals surface area (Å²) in [5.74, 6) is 1.54. The number of para-hydroxylation sites is 1. The molecule has 1 saturated heterocycles. The van der Waals surface area contributed by atoms with Gasteiger partial charge in [0.25, 0.3) is 0 Å². The van der Waals surface area contributed by atoms with Crippen LogP contribution in [0.2, 0.25) is 0 Å². The minimum Gasteiger partial charge on any atom is -0.380 e. The highest BCUT2D eigenvalue weighted by Gasteiger charge is 2.40. The third-order valence-corrected chi connectivity index (χ3v) is 8.17. The van der Waals surface area contributed by atoms with Crippen LogP contribution in [0.3, 0.4) is 0 Å². The van der Waals surface area contributed by atoms with E-state index in [0.717, 1.165) is 44.7 Å². The molecule has 2 heterocycles. The van der Waals surface area contributed by atoms with E-state index >= 15 is 0 Å². The van der Waals surface area contributed by atoms with Crippen molar-refractivity contribution in [3.63, 3.8) is 0 Å². The molecule has 0 aromatic heterocycles. The number of likely N-dealkylation sites (tertiary alicyclic amines) is 1. The van der Waals surface area contributed by atoms with Gasteiger partial charge < -0.3 is 5.32 Å². The summed E-state index contributed by atoms with van der Waals surface area (Å²) in [6.45, 7) is 2.11. The van der Waals surface area contributed by atoms with E-state index in [1.165, 1.54) is 55.3 Å². The maximum atomic E-state index is 13.9. The lowest BCUT2D eigenvalue weighted by molar-refractivity contribution is -0.130. The predicted molar refractivity (Wildman–Crippen MR) is 132 cm³/mol. The molecule has 3 heteroatoms. The van der Waals surface area contributed by atoms with E-state index in [-0.39, 0.29) is 18.0 Å². The summed E-state index contributed by atoms with van der Waals surface area (Å²) in [5.41, 5.74) is 4.09. The van der Waals surface area contributed by atoms with Crippen LogP contribution >= 0.6 is 0 Å². The molecule has 2 aliphatic heterocycles. The lowest BCUT2D eigenvalue weighted by Crippen LogP contribution is -2.56. The number of Topliss-reactive ketones (excluding diaryl/α,β-unsaturated/α-hetero) is 1. The Kier molecular flexibility index (Phi) is 6.92. The molecule has 0 radical (unpaired) electrons. The van der Waals surface area contributed by atoms with Crippen molar-refractivity contribution in [3.8, 4) is 0 Å². The minimum absolute atomic E-state index is 0.0316. The Labute approximate surface area is 193 Å². The summed E-state index contributed by atoms with van der Waals surface area (Å²) in [5, 5.41) is 3.80. The molecule has 0 bridgehead atoms. The number of piperidine rings is 1. The molecular weight excluding hydrogens is 392 g/mol. The van der Waals surface area contributed by atoms with Crippen LogP contribution in [0.5, 0.6) is 0 Å². The maximum absolute atomic E-state index is 13.9. The van der Waals surface area contributed by atoms with Gasteiger partial charge in [-0.15, -0.1) is 0 Å². The van der Waals surface area contributed by atoms with E-state index in [0.29, 0.717) is 5.78 Å². The SMILES string of the molecule is O=C(C1CCCCC1)C(C1CCc2ccccc2N1)N1CCC(Cc2ccccc2)CC1. The zero-order chi connectivity index (χ0) is 21.8. The number of ketones is 1. The van der Waals surface area contributed by atoms with Crippen LogP contribution in [0.25, 0.3) is 0 Å². The Morgan fingerprint density at radius 3 is 2.38 bits per heavy atom. The average molecular weight is 431 g/mol. The molecule has 170 valence electrons. The molecule has 2 atom stereocenters. The molecule has 5 rings (SSSR count). The zero-order valence-electron chi connectivity index (χ0n) is 19.3. The quantitative estimate of drug-likeness (QED) is 0.620. The number of anilines is 1. The smallest absolute Gasteiger partial charge is 0.155 e. The van der Waals surface area contributed by atoms with Gasteiger partial charge in [0.2, 0.25) is 0 Å². The van der Waals surface area contributed by atoms with Crippen LogP contribution in [0.1, 0.15) is 62.5 Å². The van der Waals surface area contributed by atoms with Gasteiger partial charge in [0, 0.05) is 17.6 Å². The van der Waals surface area contributed by atoms with Gasteiger partial charge in [-0.2, -0.15) is 0 Å². The van der Waals surface area contributed by atoms with Gasteiger partial charge in [-0.1, -0.05) is 67.8 Å². The first-order chi connectivity index (χ1) is 15.8. The first-order valence-corrected chi connectivity index (χ1v) is 12.9. The molecule has 2 aromatic carbocycles. The standard InChI is InChI=1S/C29H38N2O/c32-29(25-12-5-2-6-13-25)28(27-16-15-24-11-7-8-14-26(24)30-27)31-19-17-23(18-20-31)21-22-9-3-1-4-10-22/h1,3-4,7-11,14,23,25,27-28,30H,2,5-6,12-13,15-21H2. The fourth-order valence-electron chi connectivity index (χ4n) is 6.34. The van der Waals surface area contributed by atoms with Gasteiger partial charge in [0.05, 0.1) is 6.04 Å². The fraction of sp³-hybridized carbons (Fsp3) is 0.552. The van der Waals surface area contributed by atoms with E-state index in [4.69, 9.17) is 0 Å². The van der Waals surface area contributed by atoms with Crippen LogP contribution in [0.4, 0.5) is 5.69 Å². The summed E-state index contributed by atoms with van der Waals surface area (Å²) in [7, 11) is 0. The Hall–Kier alpha value is -2.13. The molecule has 0 amide bonds. The molecule has 1 saturated carbocycles. The number of nitrogens with one attached hydrogen (secondary N) is 1. The Bertz CT molecular complexity index is 881. The second kappa shape index (κ2) is 10.2. The van der Waals surface area contributed by atoms with Crippen molar-refractivity contribution in [1.82, 2.24) is 4.90 Å². The summed E-state index contributed by atoms with van der Waals surface area (Å²) < 4.78 is 0. The van der Waals surface area contributed by atoms with E-state index in [9.17, 15) is 4.79 Å². The molecule has 32 heavy (non-hydrogen) atoms. The van der Waals surface area contributed by atoms with Gasteiger partial charge in [0.15, 0.2) is 5.78 Å². The number of nitrogens with zero attached hydrogens (tertiary/aromatic N) is 1. The Morgan fingerprint density at radius 1 is 0.875 bits per heavy atom. The summed E-state index contributed by atoms with van der Waals surface area (Å²) >= 11 is 0. The highest BCUT2D eigenvalue weighted by Crippen LogP contribution is 2.33. The van der Waals surface area contributed by atoms with Gasteiger partial charge in [-0.3, -0.25) is 9.69 Å². The Balaban J connectivity index is 1.29. The van der Waals surface area contributed by atoms with Gasteiger partial charge in [-0.25, -0.2) is 0 Å². The van der Waals surface area contributed by atoms with Gasteiger partial charge in [0.1, 0.15) is 0 Å².